The molecule has 1 aliphatic rings. The van der Waals surface area contributed by atoms with Gasteiger partial charge < -0.3 is 9.80 Å². The molecule has 1 aromatic heterocycles. The van der Waals surface area contributed by atoms with Crippen molar-refractivity contribution in [2.75, 3.05) is 33.2 Å². The SMILES string of the molecule is CCC[C@H](c1nnnn1CCC(C)C)[NH+]1CC[NH+](C)CC1. The monoisotopic (exact) mass is 296 g/mol. The maximum atomic E-state index is 4.38. The van der Waals surface area contributed by atoms with Crippen LogP contribution in [0, 0.1) is 5.92 Å². The number of rotatable bonds is 7. The van der Waals surface area contributed by atoms with Crippen LogP contribution in [0.4, 0.5) is 0 Å². The maximum Gasteiger partial charge on any atom is 0.209 e. The highest BCUT2D eigenvalue weighted by atomic mass is 15.5. The average Bonchev–Trinajstić information content (AvgIpc) is 2.92. The fourth-order valence-corrected chi connectivity index (χ4v) is 3.15. The van der Waals surface area contributed by atoms with Crippen LogP contribution in [0.1, 0.15) is 51.9 Å². The van der Waals surface area contributed by atoms with E-state index in [2.05, 4.69) is 48.0 Å². The van der Waals surface area contributed by atoms with Crippen LogP contribution in [0.5, 0.6) is 0 Å². The molecule has 0 unspecified atom stereocenters. The van der Waals surface area contributed by atoms with E-state index in [-0.39, 0.29) is 0 Å². The molecule has 2 rings (SSSR count). The molecule has 0 saturated carbocycles. The van der Waals surface area contributed by atoms with E-state index >= 15 is 0 Å². The summed E-state index contributed by atoms with van der Waals surface area (Å²) < 4.78 is 2.05. The molecular formula is C15H32N6+2. The zero-order chi connectivity index (χ0) is 15.2. The third-order valence-electron chi connectivity index (χ3n) is 4.61. The molecule has 0 aliphatic carbocycles. The van der Waals surface area contributed by atoms with Gasteiger partial charge in [0.15, 0.2) is 0 Å². The number of quaternary nitrogens is 2. The van der Waals surface area contributed by atoms with Crippen molar-refractivity contribution >= 4 is 0 Å². The van der Waals surface area contributed by atoms with E-state index in [4.69, 9.17) is 0 Å². The van der Waals surface area contributed by atoms with Crippen LogP contribution in [0.2, 0.25) is 0 Å². The van der Waals surface area contributed by atoms with Crippen molar-refractivity contribution in [3.63, 3.8) is 0 Å². The van der Waals surface area contributed by atoms with Gasteiger partial charge in [0.1, 0.15) is 32.2 Å². The summed E-state index contributed by atoms with van der Waals surface area (Å²) in [5.74, 6) is 1.79. The summed E-state index contributed by atoms with van der Waals surface area (Å²) in [5, 5.41) is 12.6. The minimum Gasteiger partial charge on any atom is -0.328 e. The molecule has 1 atom stereocenters. The Labute approximate surface area is 128 Å². The second kappa shape index (κ2) is 7.84. The smallest absolute Gasteiger partial charge is 0.209 e. The van der Waals surface area contributed by atoms with E-state index in [0.29, 0.717) is 12.0 Å². The summed E-state index contributed by atoms with van der Waals surface area (Å²) in [7, 11) is 2.29. The van der Waals surface area contributed by atoms with Gasteiger partial charge in [-0.2, -0.15) is 0 Å². The highest BCUT2D eigenvalue weighted by Crippen LogP contribution is 2.13. The third-order valence-corrected chi connectivity index (χ3v) is 4.61. The van der Waals surface area contributed by atoms with Crippen molar-refractivity contribution in [3.05, 3.63) is 5.82 Å². The standard InChI is InChI=1S/C15H30N6/c1-5-6-14(20-11-9-19(4)10-12-20)15-16-17-18-21(15)8-7-13(2)3/h13-14H,5-12H2,1-4H3/p+2/t14-/m1/s1. The normalized spacial score (nSPS) is 24.4. The van der Waals surface area contributed by atoms with E-state index in [0.717, 1.165) is 18.8 Å². The summed E-state index contributed by atoms with van der Waals surface area (Å²) in [4.78, 5) is 3.32. The molecular weight excluding hydrogens is 264 g/mol. The Kier molecular flexibility index (Phi) is 6.11. The fraction of sp³-hybridized carbons (Fsp3) is 0.933. The number of hydrogen-bond donors (Lipinski definition) is 2. The van der Waals surface area contributed by atoms with Crippen molar-refractivity contribution in [1.29, 1.82) is 0 Å². The molecule has 6 nitrogen and oxygen atoms in total. The minimum absolute atomic E-state index is 0.463. The van der Waals surface area contributed by atoms with E-state index in [1.54, 1.807) is 9.80 Å². The van der Waals surface area contributed by atoms with Gasteiger partial charge in [-0.15, -0.1) is 5.10 Å². The van der Waals surface area contributed by atoms with Crippen molar-refractivity contribution in [1.82, 2.24) is 20.2 Å². The summed E-state index contributed by atoms with van der Waals surface area (Å²) in [6.45, 7) is 12.7. The molecule has 0 aromatic carbocycles. The molecule has 2 heterocycles. The minimum atomic E-state index is 0.463. The van der Waals surface area contributed by atoms with Crippen LogP contribution < -0.4 is 9.80 Å². The first-order valence-electron chi connectivity index (χ1n) is 8.53. The lowest BCUT2D eigenvalue weighted by Gasteiger charge is -2.32. The highest BCUT2D eigenvalue weighted by Gasteiger charge is 2.32. The zero-order valence-corrected chi connectivity index (χ0v) is 14.1. The van der Waals surface area contributed by atoms with E-state index < -0.39 is 0 Å². The number of aromatic nitrogens is 4. The second-order valence-electron chi connectivity index (χ2n) is 6.90. The number of piperazine rings is 1. The van der Waals surface area contributed by atoms with Gasteiger partial charge in [-0.3, -0.25) is 0 Å². The van der Waals surface area contributed by atoms with Crippen LogP contribution in [0.15, 0.2) is 0 Å². The van der Waals surface area contributed by atoms with Gasteiger partial charge in [0.05, 0.1) is 7.05 Å². The fourth-order valence-electron chi connectivity index (χ4n) is 3.15. The molecule has 120 valence electrons. The summed E-state index contributed by atoms with van der Waals surface area (Å²) >= 11 is 0. The summed E-state index contributed by atoms with van der Waals surface area (Å²) in [6, 6.07) is 0.463. The largest absolute Gasteiger partial charge is 0.328 e. The van der Waals surface area contributed by atoms with E-state index in [9.17, 15) is 0 Å². The number of aryl methyl sites for hydroxylation is 1. The van der Waals surface area contributed by atoms with Gasteiger partial charge >= 0.3 is 0 Å². The zero-order valence-electron chi connectivity index (χ0n) is 14.1. The van der Waals surface area contributed by atoms with Gasteiger partial charge in [-0.05, 0) is 22.8 Å². The quantitative estimate of drug-likeness (QED) is 0.677. The molecule has 1 aliphatic heterocycles. The van der Waals surface area contributed by atoms with Gasteiger partial charge in [-0.25, -0.2) is 4.68 Å². The molecule has 0 radical (unpaired) electrons. The molecule has 0 bridgehead atoms. The average molecular weight is 296 g/mol. The van der Waals surface area contributed by atoms with Gasteiger partial charge in [0, 0.05) is 13.0 Å². The third kappa shape index (κ3) is 4.48. The Bertz CT molecular complexity index is 408. The van der Waals surface area contributed by atoms with Gasteiger partial charge in [0.25, 0.3) is 0 Å². The first-order valence-corrected chi connectivity index (χ1v) is 8.53. The molecule has 2 N–H and O–H groups in total. The number of nitrogens with zero attached hydrogens (tertiary/aromatic N) is 4. The van der Waals surface area contributed by atoms with Crippen molar-refractivity contribution < 1.29 is 9.80 Å². The molecule has 21 heavy (non-hydrogen) atoms. The Morgan fingerprint density at radius 3 is 2.48 bits per heavy atom. The van der Waals surface area contributed by atoms with Crippen molar-refractivity contribution in [3.8, 4) is 0 Å². The molecule has 1 saturated heterocycles. The number of hydrogen-bond acceptors (Lipinski definition) is 3. The summed E-state index contributed by atoms with van der Waals surface area (Å²) in [6.07, 6.45) is 3.50. The lowest BCUT2D eigenvalue weighted by Crippen LogP contribution is -3.27. The Morgan fingerprint density at radius 2 is 1.86 bits per heavy atom. The highest BCUT2D eigenvalue weighted by molar-refractivity contribution is 4.87. The molecule has 1 aromatic rings. The van der Waals surface area contributed by atoms with Crippen LogP contribution in [0.3, 0.4) is 0 Å². The number of likely N-dealkylation sites (N-methyl/N-ethyl adjacent to an activating group) is 1. The Hall–Kier alpha value is -1.01. The van der Waals surface area contributed by atoms with E-state index in [1.165, 1.54) is 39.0 Å². The molecule has 1 fully saturated rings. The Morgan fingerprint density at radius 1 is 1.14 bits per heavy atom. The van der Waals surface area contributed by atoms with Crippen LogP contribution in [-0.2, 0) is 6.54 Å². The van der Waals surface area contributed by atoms with Gasteiger partial charge in [-0.1, -0.05) is 27.2 Å². The van der Waals surface area contributed by atoms with Crippen LogP contribution in [0.25, 0.3) is 0 Å². The first kappa shape index (κ1) is 16.4. The van der Waals surface area contributed by atoms with Gasteiger partial charge in [0.2, 0.25) is 5.82 Å². The molecule has 0 amide bonds. The topological polar surface area (TPSA) is 52.5 Å². The predicted octanol–water partition coefficient (Wildman–Crippen LogP) is -1.03. The number of nitrogens with one attached hydrogen (secondary N) is 2. The maximum absolute atomic E-state index is 4.38. The summed E-state index contributed by atoms with van der Waals surface area (Å²) in [5.41, 5.74) is 0. The molecule has 0 spiro atoms. The predicted molar refractivity (Wildman–Crippen MR) is 82.2 cm³/mol. The lowest BCUT2D eigenvalue weighted by molar-refractivity contribution is -1.02. The van der Waals surface area contributed by atoms with Crippen LogP contribution >= 0.6 is 0 Å². The van der Waals surface area contributed by atoms with Crippen molar-refractivity contribution in [2.45, 2.75) is 52.6 Å². The van der Waals surface area contributed by atoms with Crippen molar-refractivity contribution in [2.24, 2.45) is 5.92 Å². The molecule has 6 heteroatoms. The lowest BCUT2D eigenvalue weighted by atomic mass is 10.1. The number of tetrazole rings is 1. The van der Waals surface area contributed by atoms with Crippen LogP contribution in [-0.4, -0.2) is 53.4 Å². The second-order valence-corrected chi connectivity index (χ2v) is 6.90. The van der Waals surface area contributed by atoms with E-state index in [1.807, 2.05) is 0 Å². The first-order chi connectivity index (χ1) is 10.1. The Balaban J connectivity index is 2.08.